The fourth-order valence-corrected chi connectivity index (χ4v) is 2.75. The van der Waals surface area contributed by atoms with Gasteiger partial charge in [0.1, 0.15) is 12.1 Å². The summed E-state index contributed by atoms with van der Waals surface area (Å²) < 4.78 is 15.2. The van der Waals surface area contributed by atoms with Gasteiger partial charge in [0.05, 0.1) is 6.54 Å². The molecule has 0 unspecified atom stereocenters. The lowest BCUT2D eigenvalue weighted by Crippen LogP contribution is -2.20. The first-order valence-electron chi connectivity index (χ1n) is 7.79. The van der Waals surface area contributed by atoms with Crippen LogP contribution < -0.4 is 10.6 Å². The highest BCUT2D eigenvalue weighted by atomic mass is 32.1. The number of thiocarbonyl (C=S) groups is 1. The summed E-state index contributed by atoms with van der Waals surface area (Å²) in [7, 11) is 0. The molecule has 0 bridgehead atoms. The third-order valence-electron chi connectivity index (χ3n) is 3.53. The second-order valence-electron chi connectivity index (χ2n) is 5.81. The number of aryl methyl sites for hydroxylation is 2. The van der Waals surface area contributed by atoms with Crippen LogP contribution in [-0.2, 0) is 6.54 Å². The Kier molecular flexibility index (Phi) is 5.04. The lowest BCUT2D eigenvalue weighted by molar-refractivity contribution is 0.585. The largest absolute Gasteiger partial charge is 0.332 e. The third kappa shape index (κ3) is 4.60. The Hall–Kier alpha value is -2.80. The summed E-state index contributed by atoms with van der Waals surface area (Å²) in [4.78, 5) is 4.15. The number of halogens is 1. The second-order valence-corrected chi connectivity index (χ2v) is 6.22. The van der Waals surface area contributed by atoms with Crippen molar-refractivity contribution < 1.29 is 4.39 Å². The lowest BCUT2D eigenvalue weighted by atomic mass is 10.1. The fraction of sp³-hybridized carbons (Fsp3) is 0.167. The van der Waals surface area contributed by atoms with E-state index in [1.54, 1.807) is 22.9 Å². The van der Waals surface area contributed by atoms with Gasteiger partial charge in [-0.1, -0.05) is 24.3 Å². The van der Waals surface area contributed by atoms with Gasteiger partial charge in [-0.05, 0) is 55.4 Å². The average molecular weight is 355 g/mol. The monoisotopic (exact) mass is 355 g/mol. The fourth-order valence-electron chi connectivity index (χ4n) is 2.54. The Morgan fingerprint density at radius 3 is 2.56 bits per heavy atom. The van der Waals surface area contributed by atoms with Gasteiger partial charge in [0.2, 0.25) is 5.95 Å². The van der Waals surface area contributed by atoms with E-state index in [2.05, 4.69) is 26.8 Å². The summed E-state index contributed by atoms with van der Waals surface area (Å²) in [5.41, 5.74) is 3.76. The quantitative estimate of drug-likeness (QED) is 0.696. The molecule has 7 heteroatoms. The number of hydrogen-bond acceptors (Lipinski definition) is 3. The van der Waals surface area contributed by atoms with Crippen molar-refractivity contribution in [3.05, 3.63) is 71.3 Å². The smallest absolute Gasteiger partial charge is 0.248 e. The molecule has 0 saturated heterocycles. The van der Waals surface area contributed by atoms with Crippen LogP contribution in [0.1, 0.15) is 16.7 Å². The molecule has 5 nitrogen and oxygen atoms in total. The number of rotatable bonds is 4. The molecule has 1 aromatic heterocycles. The van der Waals surface area contributed by atoms with Crippen LogP contribution in [0.3, 0.4) is 0 Å². The van der Waals surface area contributed by atoms with Gasteiger partial charge in [-0.2, -0.15) is 0 Å². The maximum absolute atomic E-state index is 13.7. The van der Waals surface area contributed by atoms with E-state index in [1.807, 2.05) is 26.0 Å². The summed E-state index contributed by atoms with van der Waals surface area (Å²) in [5, 5.41) is 10.7. The van der Waals surface area contributed by atoms with Crippen molar-refractivity contribution in [2.75, 3.05) is 10.6 Å². The van der Waals surface area contributed by atoms with Crippen LogP contribution in [0.25, 0.3) is 0 Å². The number of nitrogens with one attached hydrogen (secondary N) is 2. The molecule has 2 N–H and O–H groups in total. The lowest BCUT2D eigenvalue weighted by Gasteiger charge is -2.09. The summed E-state index contributed by atoms with van der Waals surface area (Å²) in [6, 6.07) is 12.7. The Labute approximate surface area is 150 Å². The molecular formula is C18H18FN5S. The molecule has 0 aliphatic heterocycles. The number of nitrogens with zero attached hydrogens (tertiary/aromatic N) is 3. The molecule has 0 radical (unpaired) electrons. The first-order chi connectivity index (χ1) is 12.0. The predicted molar refractivity (Wildman–Crippen MR) is 101 cm³/mol. The van der Waals surface area contributed by atoms with E-state index in [0.717, 1.165) is 16.8 Å². The van der Waals surface area contributed by atoms with Crippen molar-refractivity contribution in [2.24, 2.45) is 0 Å². The average Bonchev–Trinajstić information content (AvgIpc) is 2.95. The summed E-state index contributed by atoms with van der Waals surface area (Å²) in [6.45, 7) is 4.36. The summed E-state index contributed by atoms with van der Waals surface area (Å²) in [6.07, 6.45) is 1.54. The molecule has 0 aliphatic rings. The number of hydrogen-bond donors (Lipinski definition) is 2. The SMILES string of the molecule is Cc1cc(C)cc(NC(=S)Nc2ncn(Cc3ccccc3F)n2)c1. The van der Waals surface area contributed by atoms with Gasteiger partial charge in [-0.15, -0.1) is 5.10 Å². The zero-order valence-electron chi connectivity index (χ0n) is 14.0. The van der Waals surface area contributed by atoms with Crippen LogP contribution in [-0.4, -0.2) is 19.9 Å². The second kappa shape index (κ2) is 7.40. The van der Waals surface area contributed by atoms with Crippen molar-refractivity contribution in [3.8, 4) is 0 Å². The van der Waals surface area contributed by atoms with Gasteiger partial charge in [0.15, 0.2) is 5.11 Å². The molecule has 2 aromatic carbocycles. The zero-order chi connectivity index (χ0) is 17.8. The van der Waals surface area contributed by atoms with Crippen LogP contribution >= 0.6 is 12.2 Å². The zero-order valence-corrected chi connectivity index (χ0v) is 14.8. The van der Waals surface area contributed by atoms with Crippen molar-refractivity contribution >= 4 is 29.0 Å². The molecule has 0 atom stereocenters. The van der Waals surface area contributed by atoms with Crippen molar-refractivity contribution in [3.63, 3.8) is 0 Å². The van der Waals surface area contributed by atoms with E-state index < -0.39 is 0 Å². The molecule has 25 heavy (non-hydrogen) atoms. The third-order valence-corrected chi connectivity index (χ3v) is 3.74. The van der Waals surface area contributed by atoms with Crippen LogP contribution in [0, 0.1) is 19.7 Å². The molecule has 128 valence electrons. The molecule has 1 heterocycles. The molecule has 0 saturated carbocycles. The first-order valence-corrected chi connectivity index (χ1v) is 8.19. The minimum absolute atomic E-state index is 0.264. The maximum Gasteiger partial charge on any atom is 0.248 e. The first kappa shape index (κ1) is 17.0. The van der Waals surface area contributed by atoms with Crippen molar-refractivity contribution in [2.45, 2.75) is 20.4 Å². The molecule has 3 rings (SSSR count). The van der Waals surface area contributed by atoms with E-state index in [-0.39, 0.29) is 5.82 Å². The topological polar surface area (TPSA) is 54.8 Å². The summed E-state index contributed by atoms with van der Waals surface area (Å²) >= 11 is 5.29. The van der Waals surface area contributed by atoms with Gasteiger partial charge in [-0.25, -0.2) is 14.1 Å². The number of benzene rings is 2. The molecule has 0 aliphatic carbocycles. The van der Waals surface area contributed by atoms with Crippen LogP contribution in [0.5, 0.6) is 0 Å². The van der Waals surface area contributed by atoms with E-state index in [0.29, 0.717) is 23.2 Å². The minimum Gasteiger partial charge on any atom is -0.332 e. The molecule has 0 spiro atoms. The Bertz CT molecular complexity index is 886. The van der Waals surface area contributed by atoms with Gasteiger partial charge in [-0.3, -0.25) is 5.32 Å². The highest BCUT2D eigenvalue weighted by Crippen LogP contribution is 2.14. The summed E-state index contributed by atoms with van der Waals surface area (Å²) in [5.74, 6) is 0.0951. The highest BCUT2D eigenvalue weighted by Gasteiger charge is 2.07. The normalized spacial score (nSPS) is 10.5. The Morgan fingerprint density at radius 1 is 1.12 bits per heavy atom. The molecule has 0 fully saturated rings. The van der Waals surface area contributed by atoms with Gasteiger partial charge in [0, 0.05) is 11.3 Å². The Morgan fingerprint density at radius 2 is 1.84 bits per heavy atom. The highest BCUT2D eigenvalue weighted by molar-refractivity contribution is 7.80. The van der Waals surface area contributed by atoms with Crippen LogP contribution in [0.4, 0.5) is 16.0 Å². The van der Waals surface area contributed by atoms with Gasteiger partial charge >= 0.3 is 0 Å². The molecule has 0 amide bonds. The van der Waals surface area contributed by atoms with Gasteiger partial charge < -0.3 is 5.32 Å². The van der Waals surface area contributed by atoms with Crippen molar-refractivity contribution in [1.29, 1.82) is 0 Å². The predicted octanol–water partition coefficient (Wildman–Crippen LogP) is 3.89. The van der Waals surface area contributed by atoms with E-state index in [9.17, 15) is 4.39 Å². The standard InChI is InChI=1S/C18H18FN5S/c1-12-7-13(2)9-15(8-12)21-18(25)22-17-20-11-24(23-17)10-14-5-3-4-6-16(14)19/h3-9,11H,10H2,1-2H3,(H2,21,22,23,25). The van der Waals surface area contributed by atoms with Crippen LogP contribution in [0.15, 0.2) is 48.8 Å². The molecule has 3 aromatic rings. The minimum atomic E-state index is -0.264. The van der Waals surface area contributed by atoms with E-state index in [4.69, 9.17) is 12.2 Å². The number of aromatic nitrogens is 3. The van der Waals surface area contributed by atoms with Crippen molar-refractivity contribution in [1.82, 2.24) is 14.8 Å². The van der Waals surface area contributed by atoms with Crippen LogP contribution in [0.2, 0.25) is 0 Å². The number of anilines is 2. The Balaban J connectivity index is 1.63. The van der Waals surface area contributed by atoms with E-state index in [1.165, 1.54) is 12.4 Å². The maximum atomic E-state index is 13.7. The van der Waals surface area contributed by atoms with Gasteiger partial charge in [0.25, 0.3) is 0 Å². The molecular weight excluding hydrogens is 337 g/mol. The van der Waals surface area contributed by atoms with E-state index >= 15 is 0 Å².